The van der Waals surface area contributed by atoms with Crippen LogP contribution in [0.4, 0.5) is 4.79 Å². The largest absolute Gasteiger partial charge is 0.381 e. The number of ether oxygens (including phenoxy) is 1. The minimum atomic E-state index is 0.0191. The van der Waals surface area contributed by atoms with Gasteiger partial charge in [-0.25, -0.2) is 4.79 Å². The Morgan fingerprint density at radius 2 is 2.17 bits per heavy atom. The van der Waals surface area contributed by atoms with Crippen molar-refractivity contribution in [1.29, 1.82) is 0 Å². The molecule has 1 heterocycles. The molecule has 1 aromatic carbocycles. The molecule has 1 aliphatic rings. The van der Waals surface area contributed by atoms with Crippen LogP contribution in [0.15, 0.2) is 29.2 Å². The zero-order valence-electron chi connectivity index (χ0n) is 14.4. The van der Waals surface area contributed by atoms with Crippen molar-refractivity contribution < 1.29 is 9.53 Å². The van der Waals surface area contributed by atoms with Crippen LogP contribution >= 0.6 is 11.8 Å². The van der Waals surface area contributed by atoms with Crippen LogP contribution in [-0.4, -0.2) is 43.5 Å². The maximum absolute atomic E-state index is 12.5. The molecule has 1 saturated heterocycles. The third-order valence-corrected chi connectivity index (χ3v) is 5.06. The van der Waals surface area contributed by atoms with E-state index in [0.29, 0.717) is 5.92 Å². The van der Waals surface area contributed by atoms with Gasteiger partial charge in [0.25, 0.3) is 0 Å². The number of hydrogen-bond acceptors (Lipinski definition) is 3. The molecule has 128 valence electrons. The Labute approximate surface area is 144 Å². The number of nitrogens with zero attached hydrogens (tertiary/aromatic N) is 1. The van der Waals surface area contributed by atoms with Crippen molar-refractivity contribution in [2.45, 2.75) is 37.6 Å². The van der Waals surface area contributed by atoms with Crippen molar-refractivity contribution in [3.8, 4) is 0 Å². The van der Waals surface area contributed by atoms with Gasteiger partial charge in [0, 0.05) is 30.5 Å². The molecule has 1 N–H and O–H groups in total. The number of hydrogen-bond donors (Lipinski definition) is 1. The van der Waals surface area contributed by atoms with E-state index in [1.54, 1.807) is 11.8 Å². The van der Waals surface area contributed by atoms with Gasteiger partial charge in [-0.2, -0.15) is 0 Å². The number of urea groups is 1. The number of carbonyl (C=O) groups excluding carboxylic acids is 1. The van der Waals surface area contributed by atoms with E-state index in [0.717, 1.165) is 44.7 Å². The number of rotatable bonds is 6. The first-order chi connectivity index (χ1) is 11.1. The number of likely N-dealkylation sites (tertiary alicyclic amines) is 1. The quantitative estimate of drug-likeness (QED) is 0.800. The van der Waals surface area contributed by atoms with Crippen LogP contribution < -0.4 is 5.32 Å². The van der Waals surface area contributed by atoms with Crippen LogP contribution in [0.5, 0.6) is 0 Å². The lowest BCUT2D eigenvalue weighted by Gasteiger charge is -2.33. The van der Waals surface area contributed by atoms with E-state index in [-0.39, 0.29) is 12.1 Å². The second-order valence-corrected chi connectivity index (χ2v) is 6.94. The zero-order valence-corrected chi connectivity index (χ0v) is 15.2. The van der Waals surface area contributed by atoms with Crippen LogP contribution in [0.25, 0.3) is 0 Å². The van der Waals surface area contributed by atoms with E-state index >= 15 is 0 Å². The van der Waals surface area contributed by atoms with E-state index in [2.05, 4.69) is 35.8 Å². The lowest BCUT2D eigenvalue weighted by Crippen LogP contribution is -2.46. The molecule has 0 unspecified atom stereocenters. The molecule has 1 aliphatic heterocycles. The average molecular weight is 337 g/mol. The maximum atomic E-state index is 12.5. The summed E-state index contributed by atoms with van der Waals surface area (Å²) < 4.78 is 5.51. The fourth-order valence-corrected chi connectivity index (χ4v) is 3.33. The molecule has 1 fully saturated rings. The summed E-state index contributed by atoms with van der Waals surface area (Å²) >= 11 is 1.73. The monoisotopic (exact) mass is 336 g/mol. The van der Waals surface area contributed by atoms with Gasteiger partial charge in [0.2, 0.25) is 0 Å². The number of thioether (sulfide) groups is 1. The van der Waals surface area contributed by atoms with Crippen LogP contribution in [-0.2, 0) is 4.74 Å². The normalized spacial score (nSPS) is 19.4. The molecule has 2 atom stereocenters. The molecule has 1 aromatic rings. The smallest absolute Gasteiger partial charge is 0.317 e. The highest BCUT2D eigenvalue weighted by Crippen LogP contribution is 2.20. The Bertz CT molecular complexity index is 492. The van der Waals surface area contributed by atoms with Gasteiger partial charge in [-0.15, -0.1) is 11.8 Å². The lowest BCUT2D eigenvalue weighted by molar-refractivity contribution is 0.0752. The van der Waals surface area contributed by atoms with Crippen LogP contribution in [0, 0.1) is 5.92 Å². The minimum Gasteiger partial charge on any atom is -0.381 e. The molecule has 0 aromatic heterocycles. The predicted molar refractivity (Wildman–Crippen MR) is 96.0 cm³/mol. The Kier molecular flexibility index (Phi) is 7.24. The number of amides is 2. The zero-order chi connectivity index (χ0) is 16.7. The molecule has 0 saturated carbocycles. The van der Waals surface area contributed by atoms with Crippen molar-refractivity contribution in [3.05, 3.63) is 29.8 Å². The SMILES string of the molecule is CCOC[C@H]1CCCN(C(=O)N[C@@H](C)c2ccc(SC)cc2)C1. The summed E-state index contributed by atoms with van der Waals surface area (Å²) in [7, 11) is 0. The molecule has 2 amide bonds. The Balaban J connectivity index is 1.86. The third-order valence-electron chi connectivity index (χ3n) is 4.32. The fourth-order valence-electron chi connectivity index (χ4n) is 2.92. The highest BCUT2D eigenvalue weighted by molar-refractivity contribution is 7.98. The van der Waals surface area contributed by atoms with Crippen molar-refractivity contribution in [2.75, 3.05) is 32.6 Å². The number of benzene rings is 1. The van der Waals surface area contributed by atoms with Gasteiger partial charge in [0.1, 0.15) is 0 Å². The third kappa shape index (κ3) is 5.43. The Morgan fingerprint density at radius 3 is 2.83 bits per heavy atom. The first-order valence-electron chi connectivity index (χ1n) is 8.41. The van der Waals surface area contributed by atoms with Crippen molar-refractivity contribution in [2.24, 2.45) is 5.92 Å². The van der Waals surface area contributed by atoms with Gasteiger partial charge in [-0.1, -0.05) is 12.1 Å². The van der Waals surface area contributed by atoms with Crippen LogP contribution in [0.1, 0.15) is 38.3 Å². The van der Waals surface area contributed by atoms with E-state index in [1.807, 2.05) is 18.7 Å². The summed E-state index contributed by atoms with van der Waals surface area (Å²) in [6.45, 7) is 7.18. The van der Waals surface area contributed by atoms with Gasteiger partial charge >= 0.3 is 6.03 Å². The number of piperidine rings is 1. The summed E-state index contributed by atoms with van der Waals surface area (Å²) in [5.74, 6) is 0.464. The summed E-state index contributed by atoms with van der Waals surface area (Å²) in [5, 5.41) is 3.12. The predicted octanol–water partition coefficient (Wildman–Crippen LogP) is 3.93. The van der Waals surface area contributed by atoms with Gasteiger partial charge in [0.15, 0.2) is 0 Å². The van der Waals surface area contributed by atoms with E-state index < -0.39 is 0 Å². The molecule has 0 radical (unpaired) electrons. The number of carbonyl (C=O) groups is 1. The lowest BCUT2D eigenvalue weighted by atomic mass is 9.99. The van der Waals surface area contributed by atoms with Gasteiger partial charge < -0.3 is 15.0 Å². The molecule has 0 spiro atoms. The summed E-state index contributed by atoms with van der Waals surface area (Å²) in [6, 6.07) is 8.43. The highest BCUT2D eigenvalue weighted by Gasteiger charge is 2.24. The summed E-state index contributed by atoms with van der Waals surface area (Å²) in [4.78, 5) is 15.7. The average Bonchev–Trinajstić information content (AvgIpc) is 2.60. The second kappa shape index (κ2) is 9.18. The van der Waals surface area contributed by atoms with Gasteiger partial charge in [-0.3, -0.25) is 0 Å². The molecular weight excluding hydrogens is 308 g/mol. The number of nitrogens with one attached hydrogen (secondary N) is 1. The molecule has 5 heteroatoms. The van der Waals surface area contributed by atoms with E-state index in [1.165, 1.54) is 4.90 Å². The fraction of sp³-hybridized carbons (Fsp3) is 0.611. The molecule has 0 bridgehead atoms. The maximum Gasteiger partial charge on any atom is 0.317 e. The molecular formula is C18H28N2O2S. The van der Waals surface area contributed by atoms with Crippen molar-refractivity contribution in [3.63, 3.8) is 0 Å². The molecule has 4 nitrogen and oxygen atoms in total. The molecule has 23 heavy (non-hydrogen) atoms. The van der Waals surface area contributed by atoms with Crippen molar-refractivity contribution in [1.82, 2.24) is 10.2 Å². The Morgan fingerprint density at radius 1 is 1.43 bits per heavy atom. The van der Waals surface area contributed by atoms with Crippen molar-refractivity contribution >= 4 is 17.8 Å². The van der Waals surface area contributed by atoms with Gasteiger partial charge in [0.05, 0.1) is 12.6 Å². The topological polar surface area (TPSA) is 41.6 Å². The highest BCUT2D eigenvalue weighted by atomic mass is 32.2. The molecule has 2 rings (SSSR count). The summed E-state index contributed by atoms with van der Waals surface area (Å²) in [5.41, 5.74) is 1.14. The standard InChI is InChI=1S/C18H28N2O2S/c1-4-22-13-15-6-5-11-20(12-15)18(21)19-14(2)16-7-9-17(23-3)10-8-16/h7-10,14-15H,4-6,11-13H2,1-3H3,(H,19,21)/t14-,15-/m0/s1. The summed E-state index contributed by atoms with van der Waals surface area (Å²) in [6.07, 6.45) is 4.27. The van der Waals surface area contributed by atoms with E-state index in [9.17, 15) is 4.79 Å². The first kappa shape index (κ1) is 18.1. The molecule has 0 aliphatic carbocycles. The van der Waals surface area contributed by atoms with E-state index in [4.69, 9.17) is 4.74 Å². The first-order valence-corrected chi connectivity index (χ1v) is 9.63. The van der Waals surface area contributed by atoms with Crippen LogP contribution in [0.2, 0.25) is 0 Å². The Hall–Kier alpha value is -1.20. The minimum absolute atomic E-state index is 0.0191. The van der Waals surface area contributed by atoms with Crippen LogP contribution in [0.3, 0.4) is 0 Å². The van der Waals surface area contributed by atoms with Gasteiger partial charge in [-0.05, 0) is 50.6 Å². The second-order valence-electron chi connectivity index (χ2n) is 6.06.